The van der Waals surface area contributed by atoms with E-state index in [1.165, 1.54) is 41.1 Å². The summed E-state index contributed by atoms with van der Waals surface area (Å²) in [6, 6.07) is 8.52. The summed E-state index contributed by atoms with van der Waals surface area (Å²) in [7, 11) is 1.61. The summed E-state index contributed by atoms with van der Waals surface area (Å²) in [6.45, 7) is 3.46. The van der Waals surface area contributed by atoms with Gasteiger partial charge in [-0.2, -0.15) is 0 Å². The lowest BCUT2D eigenvalue weighted by molar-refractivity contribution is -0.140. The molecule has 0 amide bonds. The molecule has 0 unspecified atom stereocenters. The number of aliphatic hydroxyl groups is 1. The van der Waals surface area contributed by atoms with E-state index in [0.29, 0.717) is 39.2 Å². The second kappa shape index (κ2) is 10.9. The number of carbonyl (C=O) groups excluding carboxylic acids is 1. The van der Waals surface area contributed by atoms with Crippen molar-refractivity contribution in [2.75, 3.05) is 0 Å². The van der Waals surface area contributed by atoms with E-state index in [1.54, 1.807) is 33.0 Å². The topological polar surface area (TPSA) is 118 Å². The van der Waals surface area contributed by atoms with Crippen LogP contribution >= 0.6 is 0 Å². The molecule has 3 rings (SSSR count). The number of aliphatic hydroxyl groups excluding tert-OH is 1. The minimum Gasteiger partial charge on any atom is -0.481 e. The maximum absolute atomic E-state index is 13.9. The Balaban J connectivity index is 2.25. The fourth-order valence-electron chi connectivity index (χ4n) is 3.73. The van der Waals surface area contributed by atoms with Gasteiger partial charge in [0.1, 0.15) is 23.8 Å². The number of carboxylic acids is 1. The highest BCUT2D eigenvalue weighted by Gasteiger charge is 2.21. The van der Waals surface area contributed by atoms with Crippen molar-refractivity contribution in [3.63, 3.8) is 0 Å². The summed E-state index contributed by atoms with van der Waals surface area (Å²) in [5, 5.41) is 30.8. The predicted molar refractivity (Wildman–Crippen MR) is 124 cm³/mol. The average molecular weight is 482 g/mol. The van der Waals surface area contributed by atoms with Crippen LogP contribution in [0.3, 0.4) is 0 Å². The molecule has 2 aromatic carbocycles. The van der Waals surface area contributed by atoms with Crippen LogP contribution in [0.25, 0.3) is 11.1 Å². The zero-order valence-electron chi connectivity index (χ0n) is 19.4. The van der Waals surface area contributed by atoms with E-state index in [9.17, 15) is 23.5 Å². The van der Waals surface area contributed by atoms with E-state index >= 15 is 0 Å². The molecule has 1 heterocycles. The molecular formula is C25H24F2N4O4. The highest BCUT2D eigenvalue weighted by Crippen LogP contribution is 2.36. The number of allylic oxidation sites excluding steroid dienone is 2. The van der Waals surface area contributed by atoms with Gasteiger partial charge in [-0.15, -0.1) is 5.10 Å². The molecule has 0 aliphatic carbocycles. The Labute approximate surface area is 200 Å². The Morgan fingerprint density at radius 2 is 1.63 bits per heavy atom. The van der Waals surface area contributed by atoms with E-state index in [2.05, 4.69) is 15.5 Å². The maximum atomic E-state index is 13.9. The van der Waals surface area contributed by atoms with Gasteiger partial charge in [-0.1, -0.05) is 24.3 Å². The standard InChI is InChI=1S/C25H24F2N4O4/c1-14-10-16(26)4-7-20(14)24(21-8-5-17(27)11-15(21)2)22(25-28-29-30-31(25)3)9-6-18(32)12-19(33)13-23(34)35/h4-11,18,32H,12-13H2,1-3H3,(H,34,35)/t18-/m1/s1. The van der Waals surface area contributed by atoms with Crippen LogP contribution in [0.1, 0.15) is 40.9 Å². The van der Waals surface area contributed by atoms with Gasteiger partial charge in [0.15, 0.2) is 5.82 Å². The van der Waals surface area contributed by atoms with Gasteiger partial charge < -0.3 is 10.2 Å². The Hall–Kier alpha value is -4.05. The highest BCUT2D eigenvalue weighted by atomic mass is 19.1. The third kappa shape index (κ3) is 6.30. The van der Waals surface area contributed by atoms with Crippen molar-refractivity contribution >= 4 is 22.9 Å². The molecule has 0 saturated carbocycles. The fourth-order valence-corrected chi connectivity index (χ4v) is 3.73. The second-order valence-electron chi connectivity index (χ2n) is 8.07. The molecule has 0 radical (unpaired) electrons. The van der Waals surface area contributed by atoms with Crippen LogP contribution in [0.2, 0.25) is 0 Å². The van der Waals surface area contributed by atoms with Crippen LogP contribution in [0.15, 0.2) is 48.6 Å². The van der Waals surface area contributed by atoms with Crippen molar-refractivity contribution in [2.45, 2.75) is 32.8 Å². The number of hydrogen-bond donors (Lipinski definition) is 2. The number of carboxylic acid groups (broad SMARTS) is 1. The summed E-state index contributed by atoms with van der Waals surface area (Å²) in [5.74, 6) is -2.47. The van der Waals surface area contributed by atoms with Gasteiger partial charge in [0.2, 0.25) is 0 Å². The van der Waals surface area contributed by atoms with Gasteiger partial charge in [-0.05, 0) is 70.8 Å². The van der Waals surface area contributed by atoms with Gasteiger partial charge in [-0.25, -0.2) is 13.5 Å². The summed E-state index contributed by atoms with van der Waals surface area (Å²) >= 11 is 0. The molecule has 0 aliphatic rings. The zero-order chi connectivity index (χ0) is 25.7. The quantitative estimate of drug-likeness (QED) is 0.354. The van der Waals surface area contributed by atoms with Crippen molar-refractivity contribution in [2.24, 2.45) is 7.05 Å². The number of rotatable bonds is 9. The summed E-state index contributed by atoms with van der Waals surface area (Å²) in [5.41, 5.74) is 3.43. The Morgan fingerprint density at radius 1 is 1.06 bits per heavy atom. The molecule has 0 spiro atoms. The number of ketones is 1. The number of halogens is 2. The Morgan fingerprint density at radius 3 is 2.09 bits per heavy atom. The second-order valence-corrected chi connectivity index (χ2v) is 8.07. The van der Waals surface area contributed by atoms with Crippen molar-refractivity contribution in [3.05, 3.63) is 88.3 Å². The minimum absolute atomic E-state index is 0.299. The van der Waals surface area contributed by atoms with E-state index in [4.69, 9.17) is 5.11 Å². The summed E-state index contributed by atoms with van der Waals surface area (Å²) in [4.78, 5) is 22.6. The van der Waals surface area contributed by atoms with Gasteiger partial charge in [-0.3, -0.25) is 9.59 Å². The van der Waals surface area contributed by atoms with Crippen molar-refractivity contribution in [1.82, 2.24) is 20.2 Å². The van der Waals surface area contributed by atoms with Gasteiger partial charge in [0, 0.05) is 24.6 Å². The number of carbonyl (C=O) groups is 2. The third-order valence-corrected chi connectivity index (χ3v) is 5.32. The summed E-state index contributed by atoms with van der Waals surface area (Å²) in [6.07, 6.45) is 0.485. The first-order valence-corrected chi connectivity index (χ1v) is 10.7. The van der Waals surface area contributed by atoms with Crippen molar-refractivity contribution in [1.29, 1.82) is 0 Å². The normalized spacial score (nSPS) is 12.1. The molecule has 0 bridgehead atoms. The number of benzene rings is 2. The van der Waals surface area contributed by atoms with E-state index < -0.39 is 42.3 Å². The first kappa shape index (κ1) is 25.6. The first-order chi connectivity index (χ1) is 16.6. The first-order valence-electron chi connectivity index (χ1n) is 10.7. The lowest BCUT2D eigenvalue weighted by atomic mass is 9.87. The van der Waals surface area contributed by atoms with Gasteiger partial charge in [0.05, 0.1) is 6.10 Å². The van der Waals surface area contributed by atoms with E-state index in [0.717, 1.165) is 0 Å². The SMILES string of the molecule is Cc1cc(F)ccc1C(=C(C=C[C@@H](O)CC(=O)CC(=O)O)c1nnnn1C)c1ccc(F)cc1C. The van der Waals surface area contributed by atoms with Crippen molar-refractivity contribution < 1.29 is 28.6 Å². The fraction of sp³-hybridized carbons (Fsp3) is 0.240. The molecule has 35 heavy (non-hydrogen) atoms. The highest BCUT2D eigenvalue weighted by molar-refractivity contribution is 6.02. The molecule has 3 aromatic rings. The summed E-state index contributed by atoms with van der Waals surface area (Å²) < 4.78 is 29.3. The average Bonchev–Trinajstić information content (AvgIpc) is 3.17. The molecular weight excluding hydrogens is 458 g/mol. The molecule has 2 N–H and O–H groups in total. The number of aryl methyl sites for hydroxylation is 3. The Bertz CT molecular complexity index is 1280. The molecule has 0 saturated heterocycles. The molecule has 10 heteroatoms. The van der Waals surface area contributed by atoms with Crippen LogP contribution < -0.4 is 0 Å². The maximum Gasteiger partial charge on any atom is 0.310 e. The van der Waals surface area contributed by atoms with Gasteiger partial charge >= 0.3 is 5.97 Å². The van der Waals surface area contributed by atoms with Crippen LogP contribution in [0.4, 0.5) is 8.78 Å². The van der Waals surface area contributed by atoms with Crippen LogP contribution in [-0.4, -0.2) is 48.3 Å². The third-order valence-electron chi connectivity index (χ3n) is 5.32. The lowest BCUT2D eigenvalue weighted by Gasteiger charge is -2.18. The van der Waals surface area contributed by atoms with Crippen LogP contribution in [0.5, 0.6) is 0 Å². The molecule has 1 atom stereocenters. The van der Waals surface area contributed by atoms with E-state index in [1.807, 2.05) is 0 Å². The number of hydrogen-bond acceptors (Lipinski definition) is 6. The zero-order valence-corrected chi connectivity index (χ0v) is 19.4. The van der Waals surface area contributed by atoms with Crippen LogP contribution in [-0.2, 0) is 16.6 Å². The number of tetrazole rings is 1. The molecule has 8 nitrogen and oxygen atoms in total. The van der Waals surface area contributed by atoms with Crippen molar-refractivity contribution in [3.8, 4) is 0 Å². The molecule has 182 valence electrons. The monoisotopic (exact) mass is 482 g/mol. The van der Waals surface area contributed by atoms with Gasteiger partial charge in [0.25, 0.3) is 0 Å². The van der Waals surface area contributed by atoms with E-state index in [-0.39, 0.29) is 0 Å². The Kier molecular flexibility index (Phi) is 7.98. The largest absolute Gasteiger partial charge is 0.481 e. The number of aromatic nitrogens is 4. The number of Topliss-reactive ketones (excluding diaryl/α,β-unsaturated/α-hetero) is 1. The predicted octanol–water partition coefficient (Wildman–Crippen LogP) is 3.42. The smallest absolute Gasteiger partial charge is 0.310 e. The number of nitrogens with zero attached hydrogens (tertiary/aromatic N) is 4. The number of aliphatic carboxylic acids is 1. The molecule has 0 fully saturated rings. The minimum atomic E-state index is -1.28. The molecule has 1 aromatic heterocycles. The lowest BCUT2D eigenvalue weighted by Crippen LogP contribution is -2.14. The van der Waals surface area contributed by atoms with Crippen LogP contribution in [0, 0.1) is 25.5 Å². The molecule has 0 aliphatic heterocycles.